The molecule has 9 heteroatoms. The molecule has 4 N–H and O–H groups in total. The van der Waals surface area contributed by atoms with Crippen LogP contribution in [0.1, 0.15) is 48.6 Å². The van der Waals surface area contributed by atoms with Gasteiger partial charge >= 0.3 is 0 Å². The number of amides is 1. The van der Waals surface area contributed by atoms with Crippen LogP contribution in [0.3, 0.4) is 0 Å². The molecule has 0 saturated carbocycles. The zero-order valence-corrected chi connectivity index (χ0v) is 20.2. The fourth-order valence-corrected chi connectivity index (χ4v) is 6.29. The van der Waals surface area contributed by atoms with Crippen LogP contribution in [0.2, 0.25) is 0 Å². The number of benzene rings is 1. The van der Waals surface area contributed by atoms with E-state index in [1.807, 2.05) is 13.0 Å². The van der Waals surface area contributed by atoms with Crippen molar-refractivity contribution < 1.29 is 9.53 Å². The lowest BCUT2D eigenvalue weighted by molar-refractivity contribution is -0.136. The van der Waals surface area contributed by atoms with Crippen LogP contribution in [-0.2, 0) is 17.6 Å². The van der Waals surface area contributed by atoms with E-state index in [4.69, 9.17) is 15.9 Å². The Labute approximate surface area is 203 Å². The summed E-state index contributed by atoms with van der Waals surface area (Å²) in [6, 6.07) is 3.55. The highest BCUT2D eigenvalue weighted by Crippen LogP contribution is 2.42. The van der Waals surface area contributed by atoms with E-state index in [-0.39, 0.29) is 5.92 Å². The Morgan fingerprint density at radius 3 is 2.91 bits per heavy atom. The maximum absolute atomic E-state index is 13.1. The summed E-state index contributed by atoms with van der Waals surface area (Å²) in [5.41, 5.74) is 9.13. The van der Waals surface area contributed by atoms with Gasteiger partial charge in [-0.3, -0.25) is 4.79 Å². The number of hydrogen-bond acceptors (Lipinski definition) is 8. The van der Waals surface area contributed by atoms with Gasteiger partial charge in [0.15, 0.2) is 0 Å². The number of nitrogens with one attached hydrogen (secondary N) is 2. The SMILES string of the molecule is CCOc1cc(N)c(C=N)cc1Nc1ncnc2sc3c(c12)CCC(C(=O)N1CCCCC1)C3. The molecule has 5 rings (SSSR count). The molecule has 178 valence electrons. The van der Waals surface area contributed by atoms with E-state index in [1.54, 1.807) is 23.7 Å². The Morgan fingerprint density at radius 1 is 1.32 bits per heavy atom. The lowest BCUT2D eigenvalue weighted by Crippen LogP contribution is -2.41. The number of ether oxygens (including phenoxy) is 1. The van der Waals surface area contributed by atoms with E-state index in [9.17, 15) is 4.79 Å². The van der Waals surface area contributed by atoms with E-state index in [0.717, 1.165) is 55.4 Å². The van der Waals surface area contributed by atoms with Gasteiger partial charge in [-0.05, 0) is 57.1 Å². The Balaban J connectivity index is 1.46. The number of piperidine rings is 1. The van der Waals surface area contributed by atoms with Crippen molar-refractivity contribution in [2.24, 2.45) is 5.92 Å². The summed E-state index contributed by atoms with van der Waals surface area (Å²) in [7, 11) is 0. The van der Waals surface area contributed by atoms with Crippen molar-refractivity contribution in [2.75, 3.05) is 30.7 Å². The van der Waals surface area contributed by atoms with Crippen LogP contribution >= 0.6 is 11.3 Å². The van der Waals surface area contributed by atoms with Gasteiger partial charge in [0.1, 0.15) is 22.7 Å². The number of aryl methyl sites for hydroxylation is 1. The van der Waals surface area contributed by atoms with E-state index >= 15 is 0 Å². The second kappa shape index (κ2) is 9.58. The Morgan fingerprint density at radius 2 is 2.15 bits per heavy atom. The molecule has 0 spiro atoms. The number of nitrogens with zero attached hydrogens (tertiary/aromatic N) is 3. The third kappa shape index (κ3) is 4.20. The molecule has 34 heavy (non-hydrogen) atoms. The molecule has 0 bridgehead atoms. The lowest BCUT2D eigenvalue weighted by Gasteiger charge is -2.32. The van der Waals surface area contributed by atoms with Crippen molar-refractivity contribution in [2.45, 2.75) is 45.4 Å². The van der Waals surface area contributed by atoms with Crippen molar-refractivity contribution in [3.63, 3.8) is 0 Å². The van der Waals surface area contributed by atoms with E-state index in [1.165, 1.54) is 23.1 Å². The molecular formula is C25H30N6O2S. The maximum Gasteiger partial charge on any atom is 0.226 e. The highest BCUT2D eigenvalue weighted by molar-refractivity contribution is 7.19. The van der Waals surface area contributed by atoms with Crippen LogP contribution in [0.25, 0.3) is 10.2 Å². The number of fused-ring (bicyclic) bond motifs is 3. The number of likely N-dealkylation sites (tertiary alicyclic amines) is 1. The van der Waals surface area contributed by atoms with Crippen LogP contribution in [0, 0.1) is 11.3 Å². The largest absolute Gasteiger partial charge is 0.492 e. The number of nitrogen functional groups attached to an aromatic ring is 1. The molecule has 1 aliphatic heterocycles. The van der Waals surface area contributed by atoms with Crippen LogP contribution in [0.4, 0.5) is 17.2 Å². The molecule has 2 aromatic heterocycles. The molecular weight excluding hydrogens is 448 g/mol. The standard InChI is InChI=1S/C25H30N6O2S/c1-2-33-20-12-18(27)16(13-26)10-19(20)30-23-22-17-7-6-15(25(32)31-8-4-3-5-9-31)11-21(17)34-24(22)29-14-28-23/h10,12-15,26H,2-9,11,27H2,1H3,(H,28,29,30). The number of carbonyl (C=O) groups is 1. The van der Waals surface area contributed by atoms with Crippen molar-refractivity contribution in [3.8, 4) is 5.75 Å². The molecule has 3 aromatic rings. The minimum absolute atomic E-state index is 0.0554. The predicted molar refractivity (Wildman–Crippen MR) is 137 cm³/mol. The number of aromatic nitrogens is 2. The van der Waals surface area contributed by atoms with Crippen LogP contribution < -0.4 is 15.8 Å². The van der Waals surface area contributed by atoms with E-state index in [2.05, 4.69) is 20.2 Å². The Hall–Kier alpha value is -3.20. The summed E-state index contributed by atoms with van der Waals surface area (Å²) in [6.07, 6.45) is 8.73. The first-order chi connectivity index (χ1) is 16.6. The van der Waals surface area contributed by atoms with Gasteiger partial charge in [0.2, 0.25) is 5.91 Å². The van der Waals surface area contributed by atoms with Crippen molar-refractivity contribution in [1.29, 1.82) is 5.41 Å². The Kier molecular flexibility index (Phi) is 6.36. The Bertz CT molecular complexity index is 1230. The molecule has 1 saturated heterocycles. The molecule has 1 atom stereocenters. The molecule has 1 unspecified atom stereocenters. The molecule has 1 aromatic carbocycles. The van der Waals surface area contributed by atoms with Crippen molar-refractivity contribution >= 4 is 50.9 Å². The molecule has 2 aliphatic rings. The van der Waals surface area contributed by atoms with Crippen molar-refractivity contribution in [1.82, 2.24) is 14.9 Å². The zero-order chi connectivity index (χ0) is 23.7. The summed E-state index contributed by atoms with van der Waals surface area (Å²) in [5, 5.41) is 12.1. The topological polar surface area (TPSA) is 117 Å². The first-order valence-electron chi connectivity index (χ1n) is 12.0. The van der Waals surface area contributed by atoms with Gasteiger partial charge in [-0.1, -0.05) is 0 Å². The number of rotatable bonds is 6. The summed E-state index contributed by atoms with van der Waals surface area (Å²) in [5.74, 6) is 1.70. The highest BCUT2D eigenvalue weighted by atomic mass is 32.1. The normalized spacial score (nSPS) is 17.9. The summed E-state index contributed by atoms with van der Waals surface area (Å²) < 4.78 is 5.79. The quantitative estimate of drug-likeness (QED) is 0.354. The number of hydrogen-bond donors (Lipinski definition) is 3. The number of anilines is 3. The fourth-order valence-electron chi connectivity index (χ4n) is 5.03. The van der Waals surface area contributed by atoms with Crippen molar-refractivity contribution in [3.05, 3.63) is 34.5 Å². The van der Waals surface area contributed by atoms with Gasteiger partial charge in [0, 0.05) is 47.4 Å². The smallest absolute Gasteiger partial charge is 0.226 e. The number of thiophene rings is 1. The summed E-state index contributed by atoms with van der Waals surface area (Å²) >= 11 is 1.67. The highest BCUT2D eigenvalue weighted by Gasteiger charge is 2.32. The predicted octanol–water partition coefficient (Wildman–Crippen LogP) is 4.53. The molecule has 1 aliphatic carbocycles. The fraction of sp³-hybridized carbons (Fsp3) is 0.440. The molecule has 8 nitrogen and oxygen atoms in total. The lowest BCUT2D eigenvalue weighted by atomic mass is 9.86. The number of carbonyl (C=O) groups excluding carboxylic acids is 1. The zero-order valence-electron chi connectivity index (χ0n) is 19.4. The van der Waals surface area contributed by atoms with E-state index in [0.29, 0.717) is 41.0 Å². The minimum atomic E-state index is 0.0554. The third-order valence-electron chi connectivity index (χ3n) is 6.76. The third-order valence-corrected chi connectivity index (χ3v) is 7.92. The number of nitrogens with two attached hydrogens (primary N) is 1. The van der Waals surface area contributed by atoms with Crippen LogP contribution in [0.15, 0.2) is 18.5 Å². The van der Waals surface area contributed by atoms with Gasteiger partial charge in [0.25, 0.3) is 0 Å². The average Bonchev–Trinajstić information content (AvgIpc) is 3.24. The molecule has 3 heterocycles. The van der Waals surface area contributed by atoms with E-state index < -0.39 is 0 Å². The first-order valence-corrected chi connectivity index (χ1v) is 12.8. The maximum atomic E-state index is 13.1. The monoisotopic (exact) mass is 478 g/mol. The van der Waals surface area contributed by atoms with Gasteiger partial charge < -0.3 is 26.1 Å². The molecule has 1 fully saturated rings. The second-order valence-corrected chi connectivity index (χ2v) is 10.00. The molecule has 1 amide bonds. The van der Waals surface area contributed by atoms with Crippen LogP contribution in [-0.4, -0.2) is 46.7 Å². The summed E-state index contributed by atoms with van der Waals surface area (Å²) in [4.78, 5) is 26.4. The average molecular weight is 479 g/mol. The minimum Gasteiger partial charge on any atom is -0.492 e. The molecule has 0 radical (unpaired) electrons. The van der Waals surface area contributed by atoms with Gasteiger partial charge in [-0.15, -0.1) is 11.3 Å². The van der Waals surface area contributed by atoms with Gasteiger partial charge in [0.05, 0.1) is 17.7 Å². The second-order valence-electron chi connectivity index (χ2n) is 8.91. The van der Waals surface area contributed by atoms with Gasteiger partial charge in [-0.2, -0.15) is 0 Å². The first kappa shape index (κ1) is 22.6. The van der Waals surface area contributed by atoms with Crippen LogP contribution in [0.5, 0.6) is 5.75 Å². The summed E-state index contributed by atoms with van der Waals surface area (Å²) in [6.45, 7) is 4.22. The van der Waals surface area contributed by atoms with Gasteiger partial charge in [-0.25, -0.2) is 9.97 Å².